The van der Waals surface area contributed by atoms with E-state index in [1.165, 1.54) is 13.1 Å². The number of anilines is 2. The Kier molecular flexibility index (Phi) is 5.13. The van der Waals surface area contributed by atoms with E-state index in [0.29, 0.717) is 28.5 Å². The van der Waals surface area contributed by atoms with Crippen molar-refractivity contribution in [2.24, 2.45) is 0 Å². The number of amides is 2. The minimum atomic E-state index is -0.325. The molecular weight excluding hydrogens is 398 g/mol. The van der Waals surface area contributed by atoms with E-state index in [2.05, 4.69) is 36.6 Å². The standard InChI is InChI=1S/C18H16BrN5O2/c1-11-14(10-21-24(11)17-5-3-4-8-20-17)18(26)23-16-9-13(19)6-7-15(16)22-12(2)25/h3-10H,1-2H3,(H,22,25)(H,23,26). The highest BCUT2D eigenvalue weighted by Crippen LogP contribution is 2.27. The Morgan fingerprint density at radius 1 is 1.12 bits per heavy atom. The van der Waals surface area contributed by atoms with E-state index in [4.69, 9.17) is 0 Å². The van der Waals surface area contributed by atoms with Crippen LogP contribution in [-0.2, 0) is 4.79 Å². The molecule has 3 aromatic rings. The van der Waals surface area contributed by atoms with Crippen molar-refractivity contribution in [3.8, 4) is 5.82 Å². The maximum absolute atomic E-state index is 12.7. The van der Waals surface area contributed by atoms with Crippen LogP contribution >= 0.6 is 15.9 Å². The minimum absolute atomic E-state index is 0.220. The van der Waals surface area contributed by atoms with Crippen molar-refractivity contribution in [3.05, 3.63) is 64.5 Å². The molecule has 0 aliphatic carbocycles. The van der Waals surface area contributed by atoms with E-state index in [-0.39, 0.29) is 11.8 Å². The van der Waals surface area contributed by atoms with Gasteiger partial charge in [-0.3, -0.25) is 9.59 Å². The first-order valence-corrected chi connectivity index (χ1v) is 8.59. The van der Waals surface area contributed by atoms with Crippen LogP contribution in [0.5, 0.6) is 0 Å². The number of halogens is 1. The molecule has 2 heterocycles. The zero-order chi connectivity index (χ0) is 18.7. The van der Waals surface area contributed by atoms with E-state index in [1.54, 1.807) is 36.0 Å². The molecule has 0 aliphatic rings. The number of rotatable bonds is 4. The summed E-state index contributed by atoms with van der Waals surface area (Å²) >= 11 is 3.37. The summed E-state index contributed by atoms with van der Waals surface area (Å²) in [7, 11) is 0. The van der Waals surface area contributed by atoms with Crippen molar-refractivity contribution in [2.75, 3.05) is 10.6 Å². The molecule has 0 aliphatic heterocycles. The van der Waals surface area contributed by atoms with Crippen LogP contribution in [0.15, 0.2) is 53.3 Å². The Hall–Kier alpha value is -3.00. The summed E-state index contributed by atoms with van der Waals surface area (Å²) < 4.78 is 2.38. The monoisotopic (exact) mass is 413 g/mol. The van der Waals surface area contributed by atoms with Crippen molar-refractivity contribution in [3.63, 3.8) is 0 Å². The molecule has 7 nitrogen and oxygen atoms in total. The molecule has 3 rings (SSSR count). The number of nitrogens with zero attached hydrogens (tertiary/aromatic N) is 3. The maximum Gasteiger partial charge on any atom is 0.259 e. The largest absolute Gasteiger partial charge is 0.325 e. The highest BCUT2D eigenvalue weighted by Gasteiger charge is 2.17. The number of carbonyl (C=O) groups excluding carboxylic acids is 2. The number of pyridine rings is 1. The number of hydrogen-bond acceptors (Lipinski definition) is 4. The lowest BCUT2D eigenvalue weighted by Gasteiger charge is -2.12. The van der Waals surface area contributed by atoms with Crippen LogP contribution in [0.2, 0.25) is 0 Å². The second kappa shape index (κ2) is 7.49. The second-order valence-electron chi connectivity index (χ2n) is 5.57. The molecule has 0 spiro atoms. The van der Waals surface area contributed by atoms with Crippen LogP contribution in [0.1, 0.15) is 23.0 Å². The first-order valence-electron chi connectivity index (χ1n) is 7.80. The Bertz CT molecular complexity index is 969. The van der Waals surface area contributed by atoms with Crippen LogP contribution in [0.25, 0.3) is 5.82 Å². The van der Waals surface area contributed by atoms with Crippen LogP contribution in [-0.4, -0.2) is 26.6 Å². The van der Waals surface area contributed by atoms with Gasteiger partial charge in [0.1, 0.15) is 0 Å². The molecule has 0 radical (unpaired) electrons. The lowest BCUT2D eigenvalue weighted by atomic mass is 10.2. The second-order valence-corrected chi connectivity index (χ2v) is 6.48. The molecule has 2 aromatic heterocycles. The fourth-order valence-corrected chi connectivity index (χ4v) is 2.81. The van der Waals surface area contributed by atoms with Gasteiger partial charge in [0, 0.05) is 17.6 Å². The quantitative estimate of drug-likeness (QED) is 0.684. The molecule has 2 amide bonds. The number of nitrogens with one attached hydrogen (secondary N) is 2. The SMILES string of the molecule is CC(=O)Nc1ccc(Br)cc1NC(=O)c1cnn(-c2ccccn2)c1C. The maximum atomic E-state index is 12.7. The van der Waals surface area contributed by atoms with E-state index in [0.717, 1.165) is 4.47 Å². The number of aromatic nitrogens is 3. The Morgan fingerprint density at radius 3 is 2.62 bits per heavy atom. The molecule has 0 bridgehead atoms. The molecular formula is C18H16BrN5O2. The Labute approximate surface area is 158 Å². The summed E-state index contributed by atoms with van der Waals surface area (Å²) in [6, 6.07) is 10.7. The van der Waals surface area contributed by atoms with Crippen LogP contribution in [0, 0.1) is 6.92 Å². The van der Waals surface area contributed by atoms with Crippen molar-refractivity contribution >= 4 is 39.1 Å². The molecule has 0 fully saturated rings. The van der Waals surface area contributed by atoms with Gasteiger partial charge in [-0.1, -0.05) is 22.0 Å². The third-order valence-corrected chi connectivity index (χ3v) is 4.15. The van der Waals surface area contributed by atoms with Gasteiger partial charge in [-0.25, -0.2) is 9.67 Å². The van der Waals surface area contributed by atoms with Crippen molar-refractivity contribution in [2.45, 2.75) is 13.8 Å². The molecule has 26 heavy (non-hydrogen) atoms. The van der Waals surface area contributed by atoms with Gasteiger partial charge in [-0.05, 0) is 37.3 Å². The number of benzene rings is 1. The van der Waals surface area contributed by atoms with Crippen LogP contribution in [0.3, 0.4) is 0 Å². The first-order chi connectivity index (χ1) is 12.5. The zero-order valence-electron chi connectivity index (χ0n) is 14.2. The molecule has 2 N–H and O–H groups in total. The van der Waals surface area contributed by atoms with Crippen molar-refractivity contribution in [1.29, 1.82) is 0 Å². The van der Waals surface area contributed by atoms with E-state index >= 15 is 0 Å². The van der Waals surface area contributed by atoms with Gasteiger partial charge in [0.2, 0.25) is 5.91 Å². The fourth-order valence-electron chi connectivity index (χ4n) is 2.45. The third-order valence-electron chi connectivity index (χ3n) is 3.66. The lowest BCUT2D eigenvalue weighted by Crippen LogP contribution is -2.16. The van der Waals surface area contributed by atoms with Crippen molar-refractivity contribution < 1.29 is 9.59 Å². The van der Waals surface area contributed by atoms with E-state index in [1.807, 2.05) is 18.2 Å². The van der Waals surface area contributed by atoms with Crippen molar-refractivity contribution in [1.82, 2.24) is 14.8 Å². The van der Waals surface area contributed by atoms with Gasteiger partial charge in [0.25, 0.3) is 5.91 Å². The molecule has 0 saturated carbocycles. The van der Waals surface area contributed by atoms with Gasteiger partial charge in [0.05, 0.1) is 28.8 Å². The van der Waals surface area contributed by atoms with Gasteiger partial charge >= 0.3 is 0 Å². The highest BCUT2D eigenvalue weighted by molar-refractivity contribution is 9.10. The Balaban J connectivity index is 1.89. The van der Waals surface area contributed by atoms with Crippen LogP contribution in [0.4, 0.5) is 11.4 Å². The number of carbonyl (C=O) groups is 2. The molecule has 132 valence electrons. The van der Waals surface area contributed by atoms with Gasteiger partial charge in [-0.15, -0.1) is 0 Å². The minimum Gasteiger partial charge on any atom is -0.325 e. The van der Waals surface area contributed by atoms with Crippen LogP contribution < -0.4 is 10.6 Å². The summed E-state index contributed by atoms with van der Waals surface area (Å²) in [6.07, 6.45) is 3.16. The normalized spacial score (nSPS) is 10.4. The highest BCUT2D eigenvalue weighted by atomic mass is 79.9. The molecule has 0 atom stereocenters. The third kappa shape index (κ3) is 3.80. The zero-order valence-corrected chi connectivity index (χ0v) is 15.7. The first kappa shape index (κ1) is 17.8. The van der Waals surface area contributed by atoms with Gasteiger partial charge in [0.15, 0.2) is 5.82 Å². The average Bonchev–Trinajstić information content (AvgIpc) is 2.99. The van der Waals surface area contributed by atoms with E-state index in [9.17, 15) is 9.59 Å². The van der Waals surface area contributed by atoms with E-state index < -0.39 is 0 Å². The Morgan fingerprint density at radius 2 is 1.92 bits per heavy atom. The molecule has 0 unspecified atom stereocenters. The predicted molar refractivity (Wildman–Crippen MR) is 102 cm³/mol. The molecule has 8 heteroatoms. The molecule has 1 aromatic carbocycles. The summed E-state index contributed by atoms with van der Waals surface area (Å²) in [6.45, 7) is 3.21. The number of hydrogen-bond donors (Lipinski definition) is 2. The summed E-state index contributed by atoms with van der Waals surface area (Å²) in [4.78, 5) is 28.3. The summed E-state index contributed by atoms with van der Waals surface area (Å²) in [5.74, 6) is 0.0850. The lowest BCUT2D eigenvalue weighted by molar-refractivity contribution is -0.114. The predicted octanol–water partition coefficient (Wildman–Crippen LogP) is 3.55. The fraction of sp³-hybridized carbons (Fsp3) is 0.111. The summed E-state index contributed by atoms with van der Waals surface area (Å²) in [5.41, 5.74) is 2.09. The van der Waals surface area contributed by atoms with Gasteiger partial charge < -0.3 is 10.6 Å². The topological polar surface area (TPSA) is 88.9 Å². The smallest absolute Gasteiger partial charge is 0.259 e. The van der Waals surface area contributed by atoms with Gasteiger partial charge in [-0.2, -0.15) is 5.10 Å². The summed E-state index contributed by atoms with van der Waals surface area (Å²) in [5, 5.41) is 9.77. The average molecular weight is 414 g/mol. The molecule has 0 saturated heterocycles.